The Balaban J connectivity index is 0.000000547. The predicted molar refractivity (Wildman–Crippen MR) is 91.4 cm³/mol. The van der Waals surface area contributed by atoms with Crippen molar-refractivity contribution in [3.05, 3.63) is 0 Å². The number of rotatable bonds is 7. The van der Waals surface area contributed by atoms with Crippen molar-refractivity contribution in [3.8, 4) is 0 Å². The average molecular weight is 358 g/mol. The lowest BCUT2D eigenvalue weighted by Crippen LogP contribution is -2.39. The molecule has 0 aliphatic heterocycles. The number of aliphatic hydroxyl groups excluding tert-OH is 4. The summed E-state index contributed by atoms with van der Waals surface area (Å²) in [6.07, 6.45) is 5.88. The summed E-state index contributed by atoms with van der Waals surface area (Å²) in [5.74, 6) is 0. The molecule has 8 nitrogen and oxygen atoms in total. The van der Waals surface area contributed by atoms with Gasteiger partial charge in [0.2, 0.25) is 12.2 Å². The first-order chi connectivity index (χ1) is 11.6. The first kappa shape index (κ1) is 23.6. The van der Waals surface area contributed by atoms with Crippen LogP contribution in [-0.4, -0.2) is 71.6 Å². The van der Waals surface area contributed by atoms with Gasteiger partial charge in [0.05, 0.1) is 44.4 Å². The van der Waals surface area contributed by atoms with Gasteiger partial charge in [-0.15, -0.1) is 0 Å². The number of aliphatic hydroxyl groups is 4. The zero-order valence-corrected chi connectivity index (χ0v) is 15.2. The van der Waals surface area contributed by atoms with Gasteiger partial charge in [0.25, 0.3) is 0 Å². The van der Waals surface area contributed by atoms with Crippen LogP contribution in [0, 0.1) is 16.2 Å². The minimum absolute atomic E-state index is 0.00750. The summed E-state index contributed by atoms with van der Waals surface area (Å²) in [6.45, 7) is 5.23. The summed E-state index contributed by atoms with van der Waals surface area (Å²) >= 11 is 0. The van der Waals surface area contributed by atoms with Crippen molar-refractivity contribution >= 4 is 12.2 Å². The highest BCUT2D eigenvalue weighted by Crippen LogP contribution is 2.47. The molecule has 1 saturated carbocycles. The molecule has 0 bridgehead atoms. The Morgan fingerprint density at radius 1 is 0.960 bits per heavy atom. The van der Waals surface area contributed by atoms with Crippen LogP contribution in [0.25, 0.3) is 0 Å². The molecule has 25 heavy (non-hydrogen) atoms. The second-order valence-corrected chi connectivity index (χ2v) is 7.97. The number of aliphatic imine (C=N–C) groups is 2. The Morgan fingerprint density at radius 3 is 1.84 bits per heavy atom. The minimum Gasteiger partial charge on any atom is -0.396 e. The van der Waals surface area contributed by atoms with Crippen LogP contribution in [0.1, 0.15) is 40.0 Å². The largest absolute Gasteiger partial charge is 0.396 e. The molecule has 1 fully saturated rings. The van der Waals surface area contributed by atoms with Gasteiger partial charge < -0.3 is 20.4 Å². The molecule has 2 unspecified atom stereocenters. The van der Waals surface area contributed by atoms with E-state index in [1.165, 1.54) is 0 Å². The molecule has 0 heterocycles. The Hall–Kier alpha value is -1.40. The van der Waals surface area contributed by atoms with Crippen LogP contribution in [0.15, 0.2) is 9.98 Å². The van der Waals surface area contributed by atoms with Gasteiger partial charge in [-0.1, -0.05) is 20.8 Å². The SMILES string of the molecule is CC1(C)CC(N=C=O)CC(C)(CN=C=O)C1.OCC(CO)(CO)CO. The molecule has 0 aromatic heterocycles. The van der Waals surface area contributed by atoms with E-state index in [4.69, 9.17) is 20.4 Å². The predicted octanol–water partition coefficient (Wildman–Crippen LogP) is 0.185. The summed E-state index contributed by atoms with van der Waals surface area (Å²) in [7, 11) is 0. The standard InChI is InChI=1S/C12H18N2O2.C5H12O4/c1-11(2)4-10(14-9-16)5-12(3,6-11)7-13-8-15;6-1-5(2-7,3-8)4-9/h10H,4-7H2,1-3H3;6-9H,1-4H2. The smallest absolute Gasteiger partial charge is 0.235 e. The molecule has 0 radical (unpaired) electrons. The third kappa shape index (κ3) is 8.01. The highest BCUT2D eigenvalue weighted by atomic mass is 16.3. The van der Waals surface area contributed by atoms with E-state index in [2.05, 4.69) is 30.8 Å². The van der Waals surface area contributed by atoms with Crippen LogP contribution in [0.2, 0.25) is 0 Å². The second-order valence-electron chi connectivity index (χ2n) is 7.97. The molecule has 0 aromatic carbocycles. The minimum atomic E-state index is -1.11. The van der Waals surface area contributed by atoms with E-state index >= 15 is 0 Å². The number of hydrogen-bond donors (Lipinski definition) is 4. The van der Waals surface area contributed by atoms with Crippen LogP contribution in [0.5, 0.6) is 0 Å². The highest BCUT2D eigenvalue weighted by molar-refractivity contribution is 5.34. The Morgan fingerprint density at radius 2 is 1.48 bits per heavy atom. The number of carbonyl (C=O) groups excluding carboxylic acids is 2. The number of nitrogens with zero attached hydrogens (tertiary/aromatic N) is 2. The normalized spacial score (nSPS) is 25.0. The fourth-order valence-electron chi connectivity index (χ4n) is 3.39. The van der Waals surface area contributed by atoms with Crippen LogP contribution >= 0.6 is 0 Å². The Labute approximate surface area is 148 Å². The molecule has 1 aliphatic rings. The lowest BCUT2D eigenvalue weighted by Gasteiger charge is -2.44. The quantitative estimate of drug-likeness (QED) is 0.378. The second kappa shape index (κ2) is 10.6. The van der Waals surface area contributed by atoms with Crippen LogP contribution in [0.4, 0.5) is 0 Å². The summed E-state index contributed by atoms with van der Waals surface area (Å²) < 4.78 is 0. The Bertz CT molecular complexity index is 476. The van der Waals surface area contributed by atoms with Crippen LogP contribution in [0.3, 0.4) is 0 Å². The summed E-state index contributed by atoms with van der Waals surface area (Å²) in [6, 6.07) is 0.00750. The van der Waals surface area contributed by atoms with Gasteiger partial charge in [0.1, 0.15) is 0 Å². The zero-order valence-electron chi connectivity index (χ0n) is 15.2. The van der Waals surface area contributed by atoms with Gasteiger partial charge in [0.15, 0.2) is 0 Å². The molecule has 0 spiro atoms. The Kier molecular flexibility index (Phi) is 9.97. The van der Waals surface area contributed by atoms with E-state index in [1.807, 2.05) is 0 Å². The topological polar surface area (TPSA) is 140 Å². The number of isocyanates is 2. The van der Waals surface area contributed by atoms with Gasteiger partial charge in [-0.05, 0) is 30.1 Å². The van der Waals surface area contributed by atoms with E-state index in [-0.39, 0.29) is 16.9 Å². The summed E-state index contributed by atoms with van der Waals surface area (Å²) in [5.41, 5.74) is -1.05. The van der Waals surface area contributed by atoms with Crippen molar-refractivity contribution < 1.29 is 30.0 Å². The maximum absolute atomic E-state index is 10.3. The first-order valence-electron chi connectivity index (χ1n) is 8.19. The lowest BCUT2D eigenvalue weighted by molar-refractivity contribution is -0.0328. The van der Waals surface area contributed by atoms with Crippen molar-refractivity contribution in [2.24, 2.45) is 26.2 Å². The van der Waals surface area contributed by atoms with Crippen molar-refractivity contribution in [2.45, 2.75) is 46.1 Å². The molecule has 0 saturated heterocycles. The monoisotopic (exact) mass is 358 g/mol. The van der Waals surface area contributed by atoms with E-state index in [9.17, 15) is 9.59 Å². The molecule has 0 amide bonds. The van der Waals surface area contributed by atoms with E-state index in [0.29, 0.717) is 6.54 Å². The van der Waals surface area contributed by atoms with E-state index in [0.717, 1.165) is 19.3 Å². The molecular formula is C17H30N2O6. The molecule has 4 N–H and O–H groups in total. The summed E-state index contributed by atoms with van der Waals surface area (Å²) in [4.78, 5) is 28.0. The molecule has 144 valence electrons. The summed E-state index contributed by atoms with van der Waals surface area (Å²) in [5, 5.41) is 34.0. The third-order valence-corrected chi connectivity index (χ3v) is 4.52. The van der Waals surface area contributed by atoms with E-state index < -0.39 is 31.8 Å². The molecule has 1 aliphatic carbocycles. The van der Waals surface area contributed by atoms with Crippen LogP contribution < -0.4 is 0 Å². The molecule has 8 heteroatoms. The van der Waals surface area contributed by atoms with Crippen molar-refractivity contribution in [1.82, 2.24) is 0 Å². The van der Waals surface area contributed by atoms with Crippen LogP contribution in [-0.2, 0) is 9.59 Å². The molecule has 1 rings (SSSR count). The maximum atomic E-state index is 10.3. The highest BCUT2D eigenvalue weighted by Gasteiger charge is 2.41. The number of hydrogen-bond acceptors (Lipinski definition) is 8. The molecule has 2 atom stereocenters. The van der Waals surface area contributed by atoms with Gasteiger partial charge in [-0.2, -0.15) is 0 Å². The first-order valence-corrected chi connectivity index (χ1v) is 8.19. The average Bonchev–Trinajstić information content (AvgIpc) is 2.55. The molecule has 0 aromatic rings. The van der Waals surface area contributed by atoms with Crippen molar-refractivity contribution in [2.75, 3.05) is 33.0 Å². The molecular weight excluding hydrogens is 328 g/mol. The fourth-order valence-corrected chi connectivity index (χ4v) is 3.39. The van der Waals surface area contributed by atoms with Gasteiger partial charge in [-0.3, -0.25) is 0 Å². The van der Waals surface area contributed by atoms with Crippen molar-refractivity contribution in [1.29, 1.82) is 0 Å². The lowest BCUT2D eigenvalue weighted by atomic mass is 9.63. The zero-order chi connectivity index (χ0) is 19.6. The van der Waals surface area contributed by atoms with Gasteiger partial charge in [0, 0.05) is 0 Å². The van der Waals surface area contributed by atoms with Crippen molar-refractivity contribution in [3.63, 3.8) is 0 Å². The fraction of sp³-hybridized carbons (Fsp3) is 0.882. The van der Waals surface area contributed by atoms with Gasteiger partial charge >= 0.3 is 0 Å². The van der Waals surface area contributed by atoms with E-state index in [1.54, 1.807) is 12.2 Å². The maximum Gasteiger partial charge on any atom is 0.235 e. The third-order valence-electron chi connectivity index (χ3n) is 4.52. The van der Waals surface area contributed by atoms with Gasteiger partial charge in [-0.25, -0.2) is 19.6 Å².